The lowest BCUT2D eigenvalue weighted by molar-refractivity contribution is -0.129. The standard InChI is InChI=1S/C24H29N5O4S/c1-15(30)28-12-7-17(8-13-28)29-14-9-19-21-20(29)4-3-18-16(5-10-25-34(32)33)6-11-27(2)23(18)22(21)24(31)26-19/h3-4,6,9,11,17,25H,5,7-8,10,12-14H2,1-2H3,(H,26,31)(H,32,33)/p-1. The van der Waals surface area contributed by atoms with Crippen LogP contribution in [0.4, 0.5) is 11.4 Å². The van der Waals surface area contributed by atoms with Crippen molar-refractivity contribution < 1.29 is 13.6 Å². The van der Waals surface area contributed by atoms with Gasteiger partial charge in [-0.2, -0.15) is 0 Å². The highest BCUT2D eigenvalue weighted by atomic mass is 32.2. The molecule has 34 heavy (non-hydrogen) atoms. The summed E-state index contributed by atoms with van der Waals surface area (Å²) in [5, 5.41) is 1.77. The molecule has 1 aliphatic carbocycles. The number of nitrogens with one attached hydrogen (secondary N) is 2. The van der Waals surface area contributed by atoms with E-state index < -0.39 is 11.3 Å². The van der Waals surface area contributed by atoms with Crippen molar-refractivity contribution in [3.63, 3.8) is 0 Å². The number of anilines is 2. The summed E-state index contributed by atoms with van der Waals surface area (Å²) in [5.41, 5.74) is 4.28. The van der Waals surface area contributed by atoms with Crippen LogP contribution in [0.2, 0.25) is 0 Å². The number of aromatic amines is 1. The van der Waals surface area contributed by atoms with Gasteiger partial charge in [0, 0.05) is 85.5 Å². The minimum absolute atomic E-state index is 0.114. The molecule has 0 aromatic rings. The van der Waals surface area contributed by atoms with Crippen LogP contribution < -0.4 is 30.6 Å². The number of nitrogens with zero attached hydrogens (tertiary/aromatic N) is 3. The highest BCUT2D eigenvalue weighted by molar-refractivity contribution is 7.77. The molecule has 9 nitrogen and oxygen atoms in total. The zero-order valence-electron chi connectivity index (χ0n) is 19.3. The monoisotopic (exact) mass is 482 g/mol. The SMILES string of the molecule is CC(=O)N1CCC(N2CC=c3[nH]c(=O)c4c5c(ccc2c3-4)=C(CCNS(=O)[O-])C=CN5C)CC1. The van der Waals surface area contributed by atoms with Gasteiger partial charge in [-0.05, 0) is 43.1 Å². The molecule has 4 heterocycles. The summed E-state index contributed by atoms with van der Waals surface area (Å²) in [6, 6.07) is 4.43. The van der Waals surface area contributed by atoms with E-state index in [1.807, 2.05) is 29.1 Å². The molecule has 0 saturated carbocycles. The maximum Gasteiger partial charge on any atom is 0.258 e. The number of piperidine rings is 1. The van der Waals surface area contributed by atoms with Crippen molar-refractivity contribution in [2.75, 3.05) is 43.0 Å². The highest BCUT2D eigenvalue weighted by Gasteiger charge is 2.32. The molecule has 0 radical (unpaired) electrons. The molecule has 10 heteroatoms. The third-order valence-electron chi connectivity index (χ3n) is 7.11. The number of H-pyrrole nitrogens is 1. The first-order valence-corrected chi connectivity index (χ1v) is 12.6. The predicted molar refractivity (Wildman–Crippen MR) is 133 cm³/mol. The van der Waals surface area contributed by atoms with Crippen LogP contribution in [0.5, 0.6) is 0 Å². The first-order chi connectivity index (χ1) is 16.3. The number of allylic oxidation sites excluding steroid dienone is 1. The van der Waals surface area contributed by atoms with Gasteiger partial charge in [0.25, 0.3) is 5.56 Å². The van der Waals surface area contributed by atoms with Gasteiger partial charge in [0.1, 0.15) is 0 Å². The van der Waals surface area contributed by atoms with Gasteiger partial charge in [0.2, 0.25) is 5.91 Å². The van der Waals surface area contributed by atoms with Gasteiger partial charge < -0.3 is 24.2 Å². The highest BCUT2D eigenvalue weighted by Crippen LogP contribution is 2.36. The Morgan fingerprint density at radius 1 is 1.26 bits per heavy atom. The summed E-state index contributed by atoms with van der Waals surface area (Å²) in [4.78, 5) is 34.3. The molecule has 1 fully saturated rings. The van der Waals surface area contributed by atoms with Crippen molar-refractivity contribution in [2.24, 2.45) is 0 Å². The van der Waals surface area contributed by atoms with Crippen LogP contribution in [0.1, 0.15) is 26.2 Å². The molecular formula is C24H28N5O4S-. The van der Waals surface area contributed by atoms with E-state index in [-0.39, 0.29) is 24.1 Å². The summed E-state index contributed by atoms with van der Waals surface area (Å²) in [6.07, 6.45) is 8.25. The number of hydrogen-bond donors (Lipinski definition) is 2. The Bertz CT molecular complexity index is 1340. The Labute approximate surface area is 200 Å². The van der Waals surface area contributed by atoms with Gasteiger partial charge in [0.15, 0.2) is 0 Å². The Hall–Kier alpha value is -2.95. The topological polar surface area (TPSA) is 112 Å². The van der Waals surface area contributed by atoms with Crippen LogP contribution in [0.3, 0.4) is 0 Å². The zero-order chi connectivity index (χ0) is 24.0. The lowest BCUT2D eigenvalue weighted by Gasteiger charge is -2.40. The summed E-state index contributed by atoms with van der Waals surface area (Å²) in [5.74, 6) is 0.114. The van der Waals surface area contributed by atoms with Crippen molar-refractivity contribution in [3.8, 4) is 11.1 Å². The third-order valence-corrected chi connectivity index (χ3v) is 7.55. The lowest BCUT2D eigenvalue weighted by Crippen LogP contribution is -2.47. The Morgan fingerprint density at radius 2 is 2.03 bits per heavy atom. The Balaban J connectivity index is 1.61. The second kappa shape index (κ2) is 9.01. The summed E-state index contributed by atoms with van der Waals surface area (Å²) in [7, 11) is 1.92. The first-order valence-electron chi connectivity index (χ1n) is 11.5. The number of carbonyl (C=O) groups excluding carboxylic acids is 1. The molecule has 4 aliphatic heterocycles. The third kappa shape index (κ3) is 3.95. The van der Waals surface area contributed by atoms with E-state index in [0.29, 0.717) is 18.5 Å². The molecule has 5 rings (SSSR count). The van der Waals surface area contributed by atoms with Crippen molar-refractivity contribution in [3.05, 3.63) is 45.3 Å². The number of hydrogen-bond acceptors (Lipinski definition) is 6. The second-order valence-electron chi connectivity index (χ2n) is 9.02. The molecular weight excluding hydrogens is 454 g/mol. The molecule has 0 aromatic heterocycles. The fourth-order valence-electron chi connectivity index (χ4n) is 5.44. The van der Waals surface area contributed by atoms with Gasteiger partial charge >= 0.3 is 0 Å². The van der Waals surface area contributed by atoms with E-state index in [1.165, 1.54) is 0 Å². The number of aromatic nitrogens is 1. The number of carbonyl (C=O) groups is 1. The smallest absolute Gasteiger partial charge is 0.258 e. The summed E-state index contributed by atoms with van der Waals surface area (Å²) < 4.78 is 24.3. The van der Waals surface area contributed by atoms with Crippen molar-refractivity contribution >= 4 is 40.2 Å². The fraction of sp³-hybridized carbons (Fsp3) is 0.417. The molecule has 2 N–H and O–H groups in total. The average Bonchev–Trinajstić information content (AvgIpc) is 3.02. The molecule has 1 amide bonds. The molecule has 0 spiro atoms. The lowest BCUT2D eigenvalue weighted by atomic mass is 9.97. The number of rotatable bonds is 5. The van der Waals surface area contributed by atoms with Crippen LogP contribution in [0, 0.1) is 0 Å². The molecule has 1 atom stereocenters. The van der Waals surface area contributed by atoms with Gasteiger partial charge in [-0.15, -0.1) is 0 Å². The van der Waals surface area contributed by atoms with Crippen molar-refractivity contribution in [1.29, 1.82) is 0 Å². The van der Waals surface area contributed by atoms with Crippen LogP contribution in [-0.2, 0) is 16.1 Å². The minimum atomic E-state index is -2.32. The first kappa shape index (κ1) is 22.8. The normalized spacial score (nSPS) is 18.8. The second-order valence-corrected chi connectivity index (χ2v) is 9.78. The van der Waals surface area contributed by atoms with Gasteiger partial charge in [-0.25, -0.2) is 4.72 Å². The predicted octanol–water partition coefficient (Wildman–Crippen LogP) is -0.0209. The van der Waals surface area contributed by atoms with E-state index in [0.717, 1.165) is 59.0 Å². The van der Waals surface area contributed by atoms with Crippen molar-refractivity contribution in [2.45, 2.75) is 32.2 Å². The van der Waals surface area contributed by atoms with Crippen LogP contribution in [0.15, 0.2) is 29.2 Å². The molecule has 0 aromatic carbocycles. The van der Waals surface area contributed by atoms with Crippen LogP contribution >= 0.6 is 0 Å². The Kier molecular flexibility index (Phi) is 6.05. The maximum absolute atomic E-state index is 13.2. The van der Waals surface area contributed by atoms with E-state index in [2.05, 4.69) is 32.8 Å². The number of amides is 1. The largest absolute Gasteiger partial charge is 0.760 e. The van der Waals surface area contributed by atoms with Gasteiger partial charge in [-0.3, -0.25) is 13.8 Å². The van der Waals surface area contributed by atoms with E-state index in [9.17, 15) is 18.4 Å². The quantitative estimate of drug-likeness (QED) is 0.580. The molecule has 1 saturated heterocycles. The zero-order valence-corrected chi connectivity index (χ0v) is 20.1. The molecule has 5 aliphatic rings. The average molecular weight is 483 g/mol. The molecule has 1 unspecified atom stereocenters. The minimum Gasteiger partial charge on any atom is -0.760 e. The van der Waals surface area contributed by atoms with Crippen LogP contribution in [-0.4, -0.2) is 63.8 Å². The number of likely N-dealkylation sites (tertiary alicyclic amines) is 1. The van der Waals surface area contributed by atoms with E-state index in [4.69, 9.17) is 0 Å². The van der Waals surface area contributed by atoms with Gasteiger partial charge in [-0.1, -0.05) is 6.07 Å². The van der Waals surface area contributed by atoms with E-state index >= 15 is 0 Å². The summed E-state index contributed by atoms with van der Waals surface area (Å²) >= 11 is -2.32. The van der Waals surface area contributed by atoms with Crippen LogP contribution in [0.25, 0.3) is 22.8 Å². The maximum atomic E-state index is 13.2. The van der Waals surface area contributed by atoms with Crippen molar-refractivity contribution in [1.82, 2.24) is 14.6 Å². The van der Waals surface area contributed by atoms with E-state index in [1.54, 1.807) is 6.92 Å². The molecule has 0 bridgehead atoms. The molecule has 180 valence electrons. The summed E-state index contributed by atoms with van der Waals surface area (Å²) in [6.45, 7) is 4.07. The number of fused-ring (bicyclic) bond motifs is 2. The Morgan fingerprint density at radius 3 is 2.74 bits per heavy atom. The van der Waals surface area contributed by atoms with Gasteiger partial charge in [0.05, 0.1) is 11.3 Å². The fourth-order valence-corrected chi connectivity index (χ4v) is 5.71.